The van der Waals surface area contributed by atoms with Crippen LogP contribution in [0.25, 0.3) is 5.65 Å². The molecule has 1 unspecified atom stereocenters. The Bertz CT molecular complexity index is 814. The Kier molecular flexibility index (Phi) is 4.22. The van der Waals surface area contributed by atoms with Gasteiger partial charge in [-0.05, 0) is 42.5 Å². The Balaban J connectivity index is 2.00. The number of hydrogen-bond acceptors (Lipinski definition) is 2. The van der Waals surface area contributed by atoms with Gasteiger partial charge in [-0.15, -0.1) is 0 Å². The predicted molar refractivity (Wildman–Crippen MR) is 93.9 cm³/mol. The number of aromatic nitrogens is 2. The maximum absolute atomic E-state index is 10.2. The first-order valence-corrected chi connectivity index (χ1v) is 8.20. The minimum Gasteiger partial charge on any atom is -0.387 e. The van der Waals surface area contributed by atoms with Crippen LogP contribution in [0.1, 0.15) is 60.9 Å². The molecule has 2 aromatic heterocycles. The second-order valence-electron chi connectivity index (χ2n) is 6.63. The van der Waals surface area contributed by atoms with Crippen molar-refractivity contribution in [1.29, 1.82) is 0 Å². The Morgan fingerprint density at radius 1 is 1.04 bits per heavy atom. The first-order chi connectivity index (χ1) is 11.0. The highest BCUT2D eigenvalue weighted by Gasteiger charge is 2.16. The zero-order valence-corrected chi connectivity index (χ0v) is 14.2. The zero-order chi connectivity index (χ0) is 16.6. The van der Waals surface area contributed by atoms with Crippen LogP contribution >= 0.6 is 0 Å². The molecular formula is C20H24N2O. The van der Waals surface area contributed by atoms with Crippen molar-refractivity contribution < 1.29 is 5.11 Å². The fourth-order valence-electron chi connectivity index (χ4n) is 3.00. The van der Waals surface area contributed by atoms with E-state index in [9.17, 15) is 5.11 Å². The molecular weight excluding hydrogens is 284 g/mol. The lowest BCUT2D eigenvalue weighted by atomic mass is 9.99. The van der Waals surface area contributed by atoms with Gasteiger partial charge in [-0.2, -0.15) is 0 Å². The van der Waals surface area contributed by atoms with Crippen molar-refractivity contribution in [2.24, 2.45) is 0 Å². The lowest BCUT2D eigenvalue weighted by Gasteiger charge is -2.09. The summed E-state index contributed by atoms with van der Waals surface area (Å²) < 4.78 is 2.01. The molecule has 1 aromatic carbocycles. The van der Waals surface area contributed by atoms with Gasteiger partial charge in [0, 0.05) is 12.6 Å². The van der Waals surface area contributed by atoms with Gasteiger partial charge in [0.05, 0.1) is 17.5 Å². The van der Waals surface area contributed by atoms with Gasteiger partial charge in [0.25, 0.3) is 0 Å². The molecule has 0 amide bonds. The van der Waals surface area contributed by atoms with Crippen molar-refractivity contribution in [3.05, 3.63) is 70.7 Å². The highest BCUT2D eigenvalue weighted by atomic mass is 16.3. The van der Waals surface area contributed by atoms with Gasteiger partial charge in [-0.1, -0.05) is 44.2 Å². The molecule has 3 nitrogen and oxygen atoms in total. The average molecular weight is 308 g/mol. The molecule has 120 valence electrons. The van der Waals surface area contributed by atoms with Crippen LogP contribution in [0.15, 0.2) is 42.6 Å². The van der Waals surface area contributed by atoms with E-state index in [0.29, 0.717) is 5.92 Å². The van der Waals surface area contributed by atoms with Crippen molar-refractivity contribution in [2.75, 3.05) is 0 Å². The van der Waals surface area contributed by atoms with Crippen molar-refractivity contribution in [2.45, 2.75) is 46.1 Å². The van der Waals surface area contributed by atoms with Gasteiger partial charge in [-0.3, -0.25) is 0 Å². The normalized spacial score (nSPS) is 13.0. The number of benzene rings is 1. The molecule has 3 rings (SSSR count). The second-order valence-corrected chi connectivity index (χ2v) is 6.63. The summed E-state index contributed by atoms with van der Waals surface area (Å²) in [4.78, 5) is 4.73. The third kappa shape index (κ3) is 3.15. The SMILES string of the molecule is Cc1ccc2nc(Cc3ccc(C(C)C)cc3)c(C(C)O)n2c1. The number of nitrogens with zero attached hydrogens (tertiary/aromatic N) is 2. The Morgan fingerprint density at radius 2 is 1.74 bits per heavy atom. The van der Waals surface area contributed by atoms with E-state index in [1.807, 2.05) is 16.7 Å². The summed E-state index contributed by atoms with van der Waals surface area (Å²) in [5.74, 6) is 0.537. The molecule has 1 atom stereocenters. The van der Waals surface area contributed by atoms with E-state index >= 15 is 0 Å². The van der Waals surface area contributed by atoms with Gasteiger partial charge in [-0.25, -0.2) is 4.98 Å². The lowest BCUT2D eigenvalue weighted by molar-refractivity contribution is 0.192. The maximum Gasteiger partial charge on any atom is 0.137 e. The quantitative estimate of drug-likeness (QED) is 0.775. The molecule has 0 aliphatic carbocycles. The third-order valence-corrected chi connectivity index (χ3v) is 4.29. The molecule has 0 spiro atoms. The highest BCUT2D eigenvalue weighted by molar-refractivity contribution is 5.46. The summed E-state index contributed by atoms with van der Waals surface area (Å²) >= 11 is 0. The largest absolute Gasteiger partial charge is 0.387 e. The number of fused-ring (bicyclic) bond motifs is 1. The van der Waals surface area contributed by atoms with Gasteiger partial charge in [0.2, 0.25) is 0 Å². The van der Waals surface area contributed by atoms with E-state index in [1.165, 1.54) is 11.1 Å². The van der Waals surface area contributed by atoms with E-state index in [2.05, 4.69) is 51.1 Å². The number of hydrogen-bond donors (Lipinski definition) is 1. The summed E-state index contributed by atoms with van der Waals surface area (Å²) in [6.07, 6.45) is 2.23. The summed E-state index contributed by atoms with van der Waals surface area (Å²) in [5, 5.41) is 10.2. The molecule has 1 N–H and O–H groups in total. The Hall–Kier alpha value is -2.13. The molecule has 0 saturated carbocycles. The second kappa shape index (κ2) is 6.17. The average Bonchev–Trinajstić information content (AvgIpc) is 2.84. The number of rotatable bonds is 4. The number of aliphatic hydroxyl groups excluding tert-OH is 1. The smallest absolute Gasteiger partial charge is 0.137 e. The van der Waals surface area contributed by atoms with Crippen LogP contribution in [-0.2, 0) is 6.42 Å². The zero-order valence-electron chi connectivity index (χ0n) is 14.2. The lowest BCUT2D eigenvalue weighted by Crippen LogP contribution is -2.02. The molecule has 0 radical (unpaired) electrons. The van der Waals surface area contributed by atoms with E-state index < -0.39 is 6.10 Å². The fraction of sp³-hybridized carbons (Fsp3) is 0.350. The minimum absolute atomic E-state index is 0.537. The maximum atomic E-state index is 10.2. The summed E-state index contributed by atoms with van der Waals surface area (Å²) in [7, 11) is 0. The van der Waals surface area contributed by atoms with Crippen LogP contribution in [0.5, 0.6) is 0 Å². The van der Waals surface area contributed by atoms with Gasteiger partial charge in [0.1, 0.15) is 5.65 Å². The van der Waals surface area contributed by atoms with Crippen LogP contribution in [-0.4, -0.2) is 14.5 Å². The molecule has 0 aliphatic heterocycles. The fourth-order valence-corrected chi connectivity index (χ4v) is 3.00. The molecule has 0 saturated heterocycles. The van der Waals surface area contributed by atoms with Gasteiger partial charge < -0.3 is 9.51 Å². The van der Waals surface area contributed by atoms with E-state index in [-0.39, 0.29) is 0 Å². The summed E-state index contributed by atoms with van der Waals surface area (Å²) in [6, 6.07) is 12.7. The first kappa shape index (κ1) is 15.8. The van der Waals surface area contributed by atoms with Crippen molar-refractivity contribution in [1.82, 2.24) is 9.38 Å². The Labute approximate surface area is 137 Å². The topological polar surface area (TPSA) is 37.5 Å². The van der Waals surface area contributed by atoms with Crippen molar-refractivity contribution in [3.63, 3.8) is 0 Å². The molecule has 0 fully saturated rings. The first-order valence-electron chi connectivity index (χ1n) is 8.20. The van der Waals surface area contributed by atoms with Crippen LogP contribution in [0.3, 0.4) is 0 Å². The molecule has 0 bridgehead atoms. The molecule has 2 heterocycles. The third-order valence-electron chi connectivity index (χ3n) is 4.29. The molecule has 3 aromatic rings. The van der Waals surface area contributed by atoms with E-state index in [4.69, 9.17) is 4.98 Å². The number of imidazole rings is 1. The van der Waals surface area contributed by atoms with E-state index in [0.717, 1.165) is 29.0 Å². The standard InChI is InChI=1S/C20H24N2O/c1-13(2)17-8-6-16(7-9-17)11-18-20(15(4)23)22-12-14(3)5-10-19(22)21-18/h5-10,12-13,15,23H,11H2,1-4H3. The van der Waals surface area contributed by atoms with Crippen LogP contribution < -0.4 is 0 Å². The van der Waals surface area contributed by atoms with Crippen LogP contribution in [0.2, 0.25) is 0 Å². The van der Waals surface area contributed by atoms with Gasteiger partial charge >= 0.3 is 0 Å². The predicted octanol–water partition coefficient (Wildman–Crippen LogP) is 4.41. The van der Waals surface area contributed by atoms with Gasteiger partial charge in [0.15, 0.2) is 0 Å². The van der Waals surface area contributed by atoms with Crippen molar-refractivity contribution >= 4 is 5.65 Å². The Morgan fingerprint density at radius 3 is 2.35 bits per heavy atom. The monoisotopic (exact) mass is 308 g/mol. The molecule has 23 heavy (non-hydrogen) atoms. The van der Waals surface area contributed by atoms with E-state index in [1.54, 1.807) is 6.92 Å². The van der Waals surface area contributed by atoms with Crippen LogP contribution in [0, 0.1) is 6.92 Å². The number of aliphatic hydroxyl groups is 1. The summed E-state index contributed by atoms with van der Waals surface area (Å²) in [5.41, 5.74) is 6.44. The highest BCUT2D eigenvalue weighted by Crippen LogP contribution is 2.24. The number of pyridine rings is 1. The summed E-state index contributed by atoms with van der Waals surface area (Å²) in [6.45, 7) is 8.25. The van der Waals surface area contributed by atoms with Crippen LogP contribution in [0.4, 0.5) is 0 Å². The molecule has 0 aliphatic rings. The molecule has 3 heteroatoms. The number of aryl methyl sites for hydroxylation is 1. The van der Waals surface area contributed by atoms with Crippen molar-refractivity contribution in [3.8, 4) is 0 Å². The minimum atomic E-state index is -0.545.